The molecule has 41 heavy (non-hydrogen) atoms. The van der Waals surface area contributed by atoms with Gasteiger partial charge in [-0.05, 0) is 67.4 Å². The molecule has 0 aliphatic rings. The summed E-state index contributed by atoms with van der Waals surface area (Å²) in [6, 6.07) is 25.3. The predicted molar refractivity (Wildman–Crippen MR) is 164 cm³/mol. The fourth-order valence-electron chi connectivity index (χ4n) is 3.96. The summed E-state index contributed by atoms with van der Waals surface area (Å²) in [6.07, 6.45) is 0.518. The second-order valence-corrected chi connectivity index (χ2v) is 11.2. The van der Waals surface area contributed by atoms with E-state index in [4.69, 9.17) is 4.74 Å². The van der Waals surface area contributed by atoms with Gasteiger partial charge in [-0.1, -0.05) is 37.3 Å². The van der Waals surface area contributed by atoms with Gasteiger partial charge in [0.2, 0.25) is 5.91 Å². The van der Waals surface area contributed by atoms with Crippen molar-refractivity contribution in [1.82, 2.24) is 0 Å². The molecule has 10 heteroatoms. The molecule has 0 aliphatic heterocycles. The number of anilines is 3. The van der Waals surface area contributed by atoms with Crippen LogP contribution in [0, 0.1) is 18.3 Å². The summed E-state index contributed by atoms with van der Waals surface area (Å²) in [7, 11) is 1.54. The molecule has 1 unspecified atom stereocenters. The van der Waals surface area contributed by atoms with Crippen LogP contribution >= 0.6 is 23.1 Å². The summed E-state index contributed by atoms with van der Waals surface area (Å²) in [5.41, 5.74) is 2.47. The lowest BCUT2D eigenvalue weighted by molar-refractivity contribution is -0.115. The van der Waals surface area contributed by atoms with Crippen LogP contribution < -0.4 is 20.7 Å². The number of nitrogens with one attached hydrogen (secondary N) is 3. The number of carbonyl (C=O) groups is 3. The highest BCUT2D eigenvalue weighted by Gasteiger charge is 2.25. The van der Waals surface area contributed by atoms with E-state index in [2.05, 4.69) is 22.0 Å². The lowest BCUT2D eigenvalue weighted by Gasteiger charge is -2.15. The minimum absolute atomic E-state index is 0.267. The summed E-state index contributed by atoms with van der Waals surface area (Å²) in [5, 5.41) is 18.2. The summed E-state index contributed by atoms with van der Waals surface area (Å²) in [6.45, 7) is 3.59. The Balaban J connectivity index is 1.45. The third-order valence-corrected chi connectivity index (χ3v) is 8.66. The van der Waals surface area contributed by atoms with Crippen molar-refractivity contribution in [2.24, 2.45) is 0 Å². The van der Waals surface area contributed by atoms with Crippen LogP contribution in [0.5, 0.6) is 5.75 Å². The van der Waals surface area contributed by atoms with Gasteiger partial charge in [0.1, 0.15) is 16.8 Å². The maximum Gasteiger partial charge on any atom is 0.266 e. The molecule has 3 amide bonds. The van der Waals surface area contributed by atoms with Crippen LogP contribution in [0.2, 0.25) is 0 Å². The smallest absolute Gasteiger partial charge is 0.266 e. The Morgan fingerprint density at radius 2 is 1.63 bits per heavy atom. The number of nitrogens with zero attached hydrogens (tertiary/aromatic N) is 1. The van der Waals surface area contributed by atoms with Crippen molar-refractivity contribution in [2.45, 2.75) is 30.4 Å². The summed E-state index contributed by atoms with van der Waals surface area (Å²) in [5.74, 6) is -0.316. The number of rotatable bonds is 10. The normalized spacial score (nSPS) is 11.2. The Morgan fingerprint density at radius 3 is 2.34 bits per heavy atom. The molecule has 0 saturated carbocycles. The van der Waals surface area contributed by atoms with Gasteiger partial charge in [0.15, 0.2) is 0 Å². The SMILES string of the molecule is CCC(Sc1cccc(NC(=O)c2cccc(OC)c2)c1)C(=O)Nc1sc(C(=O)Nc2ccccc2)c(C)c1C#N. The lowest BCUT2D eigenvalue weighted by atomic mass is 10.1. The molecule has 3 N–H and O–H groups in total. The maximum absolute atomic E-state index is 13.3. The van der Waals surface area contributed by atoms with E-state index in [0.717, 1.165) is 16.2 Å². The molecule has 0 spiro atoms. The number of methoxy groups -OCH3 is 1. The van der Waals surface area contributed by atoms with Crippen molar-refractivity contribution in [1.29, 1.82) is 5.26 Å². The van der Waals surface area contributed by atoms with E-state index in [1.807, 2.05) is 37.3 Å². The van der Waals surface area contributed by atoms with Crippen LogP contribution in [0.15, 0.2) is 83.8 Å². The monoisotopic (exact) mass is 584 g/mol. The van der Waals surface area contributed by atoms with Crippen LogP contribution in [0.3, 0.4) is 0 Å². The fraction of sp³-hybridized carbons (Fsp3) is 0.161. The van der Waals surface area contributed by atoms with Crippen LogP contribution in [0.1, 0.15) is 44.5 Å². The minimum atomic E-state index is -0.477. The number of benzene rings is 3. The van der Waals surface area contributed by atoms with E-state index in [9.17, 15) is 19.6 Å². The van der Waals surface area contributed by atoms with E-state index < -0.39 is 5.25 Å². The number of hydrogen-bond acceptors (Lipinski definition) is 7. The number of amides is 3. The molecule has 8 nitrogen and oxygen atoms in total. The zero-order valence-electron chi connectivity index (χ0n) is 22.7. The Bertz CT molecular complexity index is 1610. The van der Waals surface area contributed by atoms with Crippen molar-refractivity contribution in [3.8, 4) is 11.8 Å². The number of carbonyl (C=O) groups excluding carboxylic acids is 3. The fourth-order valence-corrected chi connectivity index (χ4v) is 6.02. The van der Waals surface area contributed by atoms with Gasteiger partial charge in [-0.3, -0.25) is 14.4 Å². The molecular formula is C31H28N4O4S2. The third kappa shape index (κ3) is 7.33. The molecule has 0 fully saturated rings. The van der Waals surface area contributed by atoms with Gasteiger partial charge in [-0.15, -0.1) is 23.1 Å². The van der Waals surface area contributed by atoms with Gasteiger partial charge in [0.25, 0.3) is 11.8 Å². The van der Waals surface area contributed by atoms with Crippen molar-refractivity contribution < 1.29 is 19.1 Å². The average molecular weight is 585 g/mol. The molecule has 4 aromatic rings. The van der Waals surface area contributed by atoms with Crippen molar-refractivity contribution in [3.63, 3.8) is 0 Å². The van der Waals surface area contributed by atoms with Gasteiger partial charge in [0.05, 0.1) is 22.8 Å². The van der Waals surface area contributed by atoms with Crippen molar-refractivity contribution in [3.05, 3.63) is 100 Å². The zero-order valence-corrected chi connectivity index (χ0v) is 24.3. The standard InChI is InChI=1S/C31H28N4O4S2/c1-4-26(40-24-15-9-13-22(17-24)34-28(36)20-10-8-14-23(16-20)39-3)29(37)35-31-25(18-32)19(2)27(41-31)30(38)33-21-11-6-5-7-12-21/h5-17,26H,4H2,1-3H3,(H,33,38)(H,34,36)(H,35,37). The number of para-hydroxylation sites is 1. The molecule has 0 aliphatic carbocycles. The van der Waals surface area contributed by atoms with Gasteiger partial charge in [-0.25, -0.2) is 0 Å². The van der Waals surface area contributed by atoms with E-state index in [1.165, 1.54) is 11.8 Å². The number of ether oxygens (including phenoxy) is 1. The zero-order chi connectivity index (χ0) is 29.4. The van der Waals surface area contributed by atoms with E-state index in [-0.39, 0.29) is 23.3 Å². The number of thiophene rings is 1. The maximum atomic E-state index is 13.3. The summed E-state index contributed by atoms with van der Waals surface area (Å²) < 4.78 is 5.20. The number of hydrogen-bond donors (Lipinski definition) is 3. The highest BCUT2D eigenvalue weighted by molar-refractivity contribution is 8.00. The van der Waals surface area contributed by atoms with E-state index in [0.29, 0.717) is 44.6 Å². The largest absolute Gasteiger partial charge is 0.497 e. The Kier molecular flexibility index (Phi) is 9.79. The molecule has 208 valence electrons. The number of nitriles is 1. The van der Waals surface area contributed by atoms with Gasteiger partial charge >= 0.3 is 0 Å². The van der Waals surface area contributed by atoms with E-state index in [1.54, 1.807) is 62.6 Å². The number of thioether (sulfide) groups is 1. The molecule has 1 atom stereocenters. The molecule has 4 rings (SSSR count). The first-order valence-corrected chi connectivity index (χ1v) is 14.5. The molecule has 0 bridgehead atoms. The first-order chi connectivity index (χ1) is 19.8. The Hall–Kier alpha value is -4.59. The summed E-state index contributed by atoms with van der Waals surface area (Å²) in [4.78, 5) is 40.1. The molecule has 1 heterocycles. The van der Waals surface area contributed by atoms with Crippen LogP contribution in [-0.2, 0) is 4.79 Å². The van der Waals surface area contributed by atoms with Crippen LogP contribution in [0.4, 0.5) is 16.4 Å². The molecule has 3 aromatic carbocycles. The summed E-state index contributed by atoms with van der Waals surface area (Å²) >= 11 is 2.43. The minimum Gasteiger partial charge on any atom is -0.497 e. The van der Waals surface area contributed by atoms with Crippen LogP contribution in [0.25, 0.3) is 0 Å². The first kappa shape index (κ1) is 29.4. The van der Waals surface area contributed by atoms with Crippen molar-refractivity contribution >= 4 is 57.2 Å². The second kappa shape index (κ2) is 13.7. The third-order valence-electron chi connectivity index (χ3n) is 6.10. The molecule has 1 aromatic heterocycles. The highest BCUT2D eigenvalue weighted by Crippen LogP contribution is 2.35. The molecule has 0 radical (unpaired) electrons. The van der Waals surface area contributed by atoms with E-state index >= 15 is 0 Å². The lowest BCUT2D eigenvalue weighted by Crippen LogP contribution is -2.24. The van der Waals surface area contributed by atoms with Gasteiger partial charge < -0.3 is 20.7 Å². The first-order valence-electron chi connectivity index (χ1n) is 12.8. The van der Waals surface area contributed by atoms with Gasteiger partial charge in [0, 0.05) is 21.8 Å². The Labute approximate surface area is 246 Å². The highest BCUT2D eigenvalue weighted by atomic mass is 32.2. The Morgan fingerprint density at radius 1 is 0.927 bits per heavy atom. The molecular weight excluding hydrogens is 556 g/mol. The van der Waals surface area contributed by atoms with Gasteiger partial charge in [-0.2, -0.15) is 5.26 Å². The topological polar surface area (TPSA) is 120 Å². The average Bonchev–Trinajstić information content (AvgIpc) is 3.30. The van der Waals surface area contributed by atoms with Crippen LogP contribution in [-0.4, -0.2) is 30.1 Å². The molecule has 0 saturated heterocycles. The van der Waals surface area contributed by atoms with Crippen molar-refractivity contribution in [2.75, 3.05) is 23.1 Å². The second-order valence-electron chi connectivity index (χ2n) is 8.91. The quantitative estimate of drug-likeness (QED) is 0.174. The predicted octanol–water partition coefficient (Wildman–Crippen LogP) is 6.95.